The van der Waals surface area contributed by atoms with Gasteiger partial charge in [-0.2, -0.15) is 0 Å². The molecule has 3 rings (SSSR count). The van der Waals surface area contributed by atoms with Crippen molar-refractivity contribution in [1.82, 2.24) is 0 Å². The highest BCUT2D eigenvalue weighted by atomic mass is 16.6. The molecule has 7 heteroatoms. The molecule has 0 spiro atoms. The van der Waals surface area contributed by atoms with E-state index in [1.54, 1.807) is 11.0 Å². The van der Waals surface area contributed by atoms with Gasteiger partial charge in [-0.25, -0.2) is 0 Å². The second-order valence-electron chi connectivity index (χ2n) is 5.74. The van der Waals surface area contributed by atoms with Gasteiger partial charge in [-0.1, -0.05) is 6.92 Å². The second kappa shape index (κ2) is 4.70. The van der Waals surface area contributed by atoms with Crippen molar-refractivity contribution in [3.8, 4) is 0 Å². The smallest absolute Gasteiger partial charge is 0.292 e. The highest BCUT2D eigenvalue weighted by molar-refractivity contribution is 5.95. The molecule has 1 fully saturated rings. The number of hydrogen-bond acceptors (Lipinski definition) is 5. The summed E-state index contributed by atoms with van der Waals surface area (Å²) >= 11 is 0. The Morgan fingerprint density at radius 1 is 1.43 bits per heavy atom. The molecule has 112 valence electrons. The van der Waals surface area contributed by atoms with Crippen LogP contribution in [0.5, 0.6) is 0 Å². The summed E-state index contributed by atoms with van der Waals surface area (Å²) in [4.78, 5) is 24.1. The Bertz CT molecular complexity index is 623. The van der Waals surface area contributed by atoms with Gasteiger partial charge in [-0.3, -0.25) is 14.9 Å². The molecule has 0 bridgehead atoms. The maximum absolute atomic E-state index is 11.5. The van der Waals surface area contributed by atoms with Crippen LogP contribution in [0.3, 0.4) is 0 Å². The zero-order chi connectivity index (χ0) is 15.2. The van der Waals surface area contributed by atoms with Gasteiger partial charge in [0.05, 0.1) is 10.5 Å². The number of hydrogen-bond donors (Lipinski definition) is 2. The van der Waals surface area contributed by atoms with Gasteiger partial charge in [0.15, 0.2) is 0 Å². The highest BCUT2D eigenvalue weighted by Gasteiger charge is 2.42. The average Bonchev–Trinajstić information content (AvgIpc) is 2.42. The lowest BCUT2D eigenvalue weighted by Gasteiger charge is -2.47. The van der Waals surface area contributed by atoms with Crippen LogP contribution in [0.1, 0.15) is 25.3 Å². The second-order valence-corrected chi connectivity index (χ2v) is 5.74. The summed E-state index contributed by atoms with van der Waals surface area (Å²) in [6, 6.07) is 3.19. The minimum atomic E-state index is -0.771. The molecule has 0 saturated carbocycles. The first kappa shape index (κ1) is 13.8. The van der Waals surface area contributed by atoms with Gasteiger partial charge < -0.3 is 15.3 Å². The molecule has 0 aliphatic carbocycles. The summed E-state index contributed by atoms with van der Waals surface area (Å²) in [6.45, 7) is 2.63. The van der Waals surface area contributed by atoms with E-state index in [1.165, 1.54) is 6.07 Å². The minimum absolute atomic E-state index is 0.0306. The Hall–Kier alpha value is -2.15. The number of aryl methyl sites for hydroxylation is 1. The van der Waals surface area contributed by atoms with Gasteiger partial charge in [0, 0.05) is 31.3 Å². The van der Waals surface area contributed by atoms with Crippen LogP contribution in [0.4, 0.5) is 17.1 Å². The lowest BCUT2D eigenvalue weighted by atomic mass is 9.90. The molecular formula is C14H17N3O4. The van der Waals surface area contributed by atoms with E-state index in [0.717, 1.165) is 5.56 Å². The molecule has 0 atom stereocenters. The van der Waals surface area contributed by atoms with Gasteiger partial charge in [0.25, 0.3) is 5.69 Å². The third kappa shape index (κ3) is 2.33. The summed E-state index contributed by atoms with van der Waals surface area (Å²) in [7, 11) is 0. The van der Waals surface area contributed by atoms with E-state index in [4.69, 9.17) is 0 Å². The molecule has 2 aliphatic rings. The van der Waals surface area contributed by atoms with Gasteiger partial charge in [0.1, 0.15) is 5.69 Å². The Labute approximate surface area is 121 Å². The molecule has 7 nitrogen and oxygen atoms in total. The SMILES string of the molecule is CCC1(O)CN(c2cc3c(cc2[N+](=O)[O-])CCC(=O)N3)C1. The number of rotatable bonds is 3. The van der Waals surface area contributed by atoms with Gasteiger partial charge in [0.2, 0.25) is 5.91 Å². The van der Waals surface area contributed by atoms with Crippen molar-refractivity contribution in [2.24, 2.45) is 0 Å². The van der Waals surface area contributed by atoms with Crippen LogP contribution in [0.15, 0.2) is 12.1 Å². The van der Waals surface area contributed by atoms with Gasteiger partial charge >= 0.3 is 0 Å². The number of carbonyl (C=O) groups excluding carboxylic acids is 1. The molecule has 1 amide bonds. The molecule has 2 aliphatic heterocycles. The molecule has 0 unspecified atom stereocenters. The zero-order valence-electron chi connectivity index (χ0n) is 11.8. The fourth-order valence-corrected chi connectivity index (χ4v) is 2.86. The highest BCUT2D eigenvalue weighted by Crippen LogP contribution is 2.40. The third-order valence-electron chi connectivity index (χ3n) is 4.26. The Kier molecular flexibility index (Phi) is 3.09. The van der Waals surface area contributed by atoms with Crippen molar-refractivity contribution in [3.05, 3.63) is 27.8 Å². The standard InChI is InChI=1S/C14H17N3O4/c1-2-14(19)7-16(8-14)11-6-10-9(3-4-13(18)15-10)5-12(11)17(20)21/h5-6,19H,2-4,7-8H2,1H3,(H,15,18). The predicted octanol–water partition coefficient (Wildman–Crippen LogP) is 1.44. The number of aliphatic hydroxyl groups is 1. The Balaban J connectivity index is 1.97. The maximum atomic E-state index is 11.5. The minimum Gasteiger partial charge on any atom is -0.386 e. The van der Waals surface area contributed by atoms with Crippen LogP contribution in [0.2, 0.25) is 0 Å². The lowest BCUT2D eigenvalue weighted by molar-refractivity contribution is -0.384. The zero-order valence-corrected chi connectivity index (χ0v) is 11.8. The van der Waals surface area contributed by atoms with E-state index < -0.39 is 10.5 Å². The Morgan fingerprint density at radius 3 is 2.76 bits per heavy atom. The van der Waals surface area contributed by atoms with Gasteiger partial charge in [-0.15, -0.1) is 0 Å². The molecule has 21 heavy (non-hydrogen) atoms. The number of anilines is 2. The van der Waals surface area contributed by atoms with Crippen LogP contribution < -0.4 is 10.2 Å². The first-order valence-corrected chi connectivity index (χ1v) is 7.00. The van der Waals surface area contributed by atoms with Crippen molar-refractivity contribution in [1.29, 1.82) is 0 Å². The normalized spacial score (nSPS) is 19.5. The van der Waals surface area contributed by atoms with E-state index >= 15 is 0 Å². The molecule has 0 aromatic heterocycles. The number of fused-ring (bicyclic) bond motifs is 1. The van der Waals surface area contributed by atoms with E-state index in [0.29, 0.717) is 43.7 Å². The molecule has 0 radical (unpaired) electrons. The fraction of sp³-hybridized carbons (Fsp3) is 0.500. The van der Waals surface area contributed by atoms with Crippen LogP contribution >= 0.6 is 0 Å². The van der Waals surface area contributed by atoms with E-state index in [-0.39, 0.29) is 11.6 Å². The van der Waals surface area contributed by atoms with Crippen LogP contribution in [0, 0.1) is 10.1 Å². The summed E-state index contributed by atoms with van der Waals surface area (Å²) in [5.74, 6) is -0.0732. The first-order chi connectivity index (χ1) is 9.92. The lowest BCUT2D eigenvalue weighted by Crippen LogP contribution is -2.61. The van der Waals surface area contributed by atoms with Crippen molar-refractivity contribution in [2.45, 2.75) is 31.8 Å². The number of benzene rings is 1. The maximum Gasteiger partial charge on any atom is 0.292 e. The molecular weight excluding hydrogens is 274 g/mol. The Morgan fingerprint density at radius 2 is 2.14 bits per heavy atom. The molecule has 1 aromatic rings. The summed E-state index contributed by atoms with van der Waals surface area (Å²) < 4.78 is 0. The van der Waals surface area contributed by atoms with Crippen molar-refractivity contribution in [2.75, 3.05) is 23.3 Å². The van der Waals surface area contributed by atoms with Crippen molar-refractivity contribution >= 4 is 23.0 Å². The van der Waals surface area contributed by atoms with Crippen molar-refractivity contribution < 1.29 is 14.8 Å². The summed E-state index contributed by atoms with van der Waals surface area (Å²) in [5.41, 5.74) is 1.14. The van der Waals surface area contributed by atoms with Gasteiger partial charge in [-0.05, 0) is 24.5 Å². The van der Waals surface area contributed by atoms with Crippen LogP contribution in [-0.4, -0.2) is 34.6 Å². The van der Waals surface area contributed by atoms with Crippen LogP contribution in [-0.2, 0) is 11.2 Å². The number of nitrogens with zero attached hydrogens (tertiary/aromatic N) is 2. The third-order valence-corrected chi connectivity index (χ3v) is 4.26. The first-order valence-electron chi connectivity index (χ1n) is 7.00. The number of amides is 1. The largest absolute Gasteiger partial charge is 0.386 e. The predicted molar refractivity (Wildman–Crippen MR) is 77.5 cm³/mol. The monoisotopic (exact) mass is 291 g/mol. The topological polar surface area (TPSA) is 95.7 Å². The number of β-amino-alcohol motifs (C(OH)–C–C–N with tert-alkyl or cyclic N) is 1. The van der Waals surface area contributed by atoms with E-state index in [2.05, 4.69) is 5.32 Å². The average molecular weight is 291 g/mol. The molecule has 1 aromatic carbocycles. The summed E-state index contributed by atoms with van der Waals surface area (Å²) in [5, 5.41) is 24.1. The number of nitro groups is 1. The molecule has 2 N–H and O–H groups in total. The van der Waals surface area contributed by atoms with E-state index in [9.17, 15) is 20.0 Å². The van der Waals surface area contributed by atoms with Crippen molar-refractivity contribution in [3.63, 3.8) is 0 Å². The van der Waals surface area contributed by atoms with Crippen LogP contribution in [0.25, 0.3) is 0 Å². The molecule has 1 saturated heterocycles. The number of carbonyl (C=O) groups is 1. The molecule has 2 heterocycles. The van der Waals surface area contributed by atoms with E-state index in [1.807, 2.05) is 6.92 Å². The quantitative estimate of drug-likeness (QED) is 0.649. The summed E-state index contributed by atoms with van der Waals surface area (Å²) in [6.07, 6.45) is 1.48. The fourth-order valence-electron chi connectivity index (χ4n) is 2.86. The number of nitrogens with one attached hydrogen (secondary N) is 1. The number of nitro benzene ring substituents is 1.